The number of ether oxygens (including phenoxy) is 4. The van der Waals surface area contributed by atoms with Gasteiger partial charge in [0.1, 0.15) is 25.6 Å². The van der Waals surface area contributed by atoms with Crippen molar-refractivity contribution in [2.45, 2.75) is 20.0 Å². The summed E-state index contributed by atoms with van der Waals surface area (Å²) in [7, 11) is 1.53. The van der Waals surface area contributed by atoms with E-state index >= 15 is 0 Å². The average molecular weight is 356 g/mol. The first kappa shape index (κ1) is 17.8. The molecule has 6 heteroatoms. The molecule has 0 atom stereocenters. The first-order valence-electron chi connectivity index (χ1n) is 8.29. The standard InChI is InChI=1S/C20H20O6/c1-13(21)15-4-6-17(23-2)16(11-15)12-26-20(22)10-14-3-5-18-19(9-14)25-8-7-24-18/h3-6,9,11H,7-8,10,12H2,1-2H3. The van der Waals surface area contributed by atoms with Gasteiger partial charge in [-0.2, -0.15) is 0 Å². The van der Waals surface area contributed by atoms with E-state index in [4.69, 9.17) is 18.9 Å². The summed E-state index contributed by atoms with van der Waals surface area (Å²) in [6.45, 7) is 2.54. The van der Waals surface area contributed by atoms with Gasteiger partial charge in [-0.25, -0.2) is 0 Å². The Kier molecular flexibility index (Phi) is 5.41. The molecule has 0 amide bonds. The summed E-state index contributed by atoms with van der Waals surface area (Å²) in [5.74, 6) is 1.45. The summed E-state index contributed by atoms with van der Waals surface area (Å²) in [4.78, 5) is 23.7. The normalized spacial score (nSPS) is 12.4. The molecule has 2 aromatic carbocycles. The molecule has 26 heavy (non-hydrogen) atoms. The molecule has 0 saturated carbocycles. The van der Waals surface area contributed by atoms with Crippen LogP contribution < -0.4 is 14.2 Å². The van der Waals surface area contributed by atoms with Crippen molar-refractivity contribution in [2.75, 3.05) is 20.3 Å². The van der Waals surface area contributed by atoms with Gasteiger partial charge < -0.3 is 18.9 Å². The molecule has 1 heterocycles. The Hall–Kier alpha value is -3.02. The average Bonchev–Trinajstić information content (AvgIpc) is 2.66. The maximum atomic E-state index is 12.2. The van der Waals surface area contributed by atoms with Gasteiger partial charge >= 0.3 is 5.97 Å². The number of benzene rings is 2. The molecule has 0 saturated heterocycles. The third-order valence-electron chi connectivity index (χ3n) is 4.03. The molecule has 2 aromatic rings. The van der Waals surface area contributed by atoms with Crippen molar-refractivity contribution in [1.82, 2.24) is 0 Å². The fourth-order valence-electron chi connectivity index (χ4n) is 2.68. The van der Waals surface area contributed by atoms with Crippen LogP contribution in [-0.2, 0) is 22.6 Å². The van der Waals surface area contributed by atoms with Crippen LogP contribution in [0.5, 0.6) is 17.2 Å². The van der Waals surface area contributed by atoms with Crippen molar-refractivity contribution in [1.29, 1.82) is 0 Å². The Morgan fingerprint density at radius 1 is 1.04 bits per heavy atom. The minimum Gasteiger partial charge on any atom is -0.496 e. The van der Waals surface area contributed by atoms with E-state index in [-0.39, 0.29) is 24.8 Å². The molecule has 136 valence electrons. The van der Waals surface area contributed by atoms with Gasteiger partial charge in [-0.05, 0) is 42.8 Å². The SMILES string of the molecule is COc1ccc(C(C)=O)cc1COC(=O)Cc1ccc2c(c1)OCCO2. The van der Waals surface area contributed by atoms with Crippen LogP contribution in [0.15, 0.2) is 36.4 Å². The predicted octanol–water partition coefficient (Wildman–Crippen LogP) is 2.95. The van der Waals surface area contributed by atoms with Crippen LogP contribution in [0.4, 0.5) is 0 Å². The lowest BCUT2D eigenvalue weighted by Gasteiger charge is -2.18. The minimum absolute atomic E-state index is 0.0354. The van der Waals surface area contributed by atoms with Crippen LogP contribution in [0.25, 0.3) is 0 Å². The van der Waals surface area contributed by atoms with Crippen molar-refractivity contribution in [3.05, 3.63) is 53.1 Å². The highest BCUT2D eigenvalue weighted by molar-refractivity contribution is 5.94. The third kappa shape index (κ3) is 4.14. The highest BCUT2D eigenvalue weighted by Crippen LogP contribution is 2.31. The Morgan fingerprint density at radius 3 is 2.54 bits per heavy atom. The fraction of sp³-hybridized carbons (Fsp3) is 0.300. The summed E-state index contributed by atoms with van der Waals surface area (Å²) in [5.41, 5.74) is 1.98. The zero-order chi connectivity index (χ0) is 18.5. The Labute approximate surface area is 151 Å². The topological polar surface area (TPSA) is 71.1 Å². The van der Waals surface area contributed by atoms with Crippen molar-refractivity contribution in [3.8, 4) is 17.2 Å². The second-order valence-corrected chi connectivity index (χ2v) is 5.90. The van der Waals surface area contributed by atoms with Gasteiger partial charge in [0.2, 0.25) is 0 Å². The van der Waals surface area contributed by atoms with Crippen molar-refractivity contribution < 1.29 is 28.5 Å². The number of ketones is 1. The molecule has 0 aliphatic carbocycles. The number of Topliss-reactive ketones (excluding diaryl/α,β-unsaturated/α-hetero) is 1. The van der Waals surface area contributed by atoms with Gasteiger partial charge in [0.05, 0.1) is 13.5 Å². The first-order chi connectivity index (χ1) is 12.6. The van der Waals surface area contributed by atoms with E-state index in [1.807, 2.05) is 6.07 Å². The highest BCUT2D eigenvalue weighted by Gasteiger charge is 2.15. The number of fused-ring (bicyclic) bond motifs is 1. The maximum absolute atomic E-state index is 12.2. The molecule has 3 rings (SSSR count). The molecule has 0 spiro atoms. The van der Waals surface area contributed by atoms with E-state index in [2.05, 4.69) is 0 Å². The number of methoxy groups -OCH3 is 1. The molecule has 0 radical (unpaired) electrons. The van der Waals surface area contributed by atoms with Crippen molar-refractivity contribution in [2.24, 2.45) is 0 Å². The van der Waals surface area contributed by atoms with E-state index in [9.17, 15) is 9.59 Å². The highest BCUT2D eigenvalue weighted by atomic mass is 16.6. The van der Waals surface area contributed by atoms with Crippen LogP contribution in [-0.4, -0.2) is 32.1 Å². The number of esters is 1. The van der Waals surface area contributed by atoms with Crippen LogP contribution in [0.2, 0.25) is 0 Å². The predicted molar refractivity (Wildman–Crippen MR) is 93.9 cm³/mol. The van der Waals surface area contributed by atoms with Crippen LogP contribution in [0.3, 0.4) is 0 Å². The van der Waals surface area contributed by atoms with Gasteiger partial charge in [-0.3, -0.25) is 9.59 Å². The number of rotatable bonds is 6. The van der Waals surface area contributed by atoms with E-state index in [0.717, 1.165) is 5.56 Å². The second kappa shape index (κ2) is 7.91. The molecule has 0 unspecified atom stereocenters. The van der Waals surface area contributed by atoms with E-state index < -0.39 is 0 Å². The van der Waals surface area contributed by atoms with Crippen LogP contribution >= 0.6 is 0 Å². The summed E-state index contributed by atoms with van der Waals surface area (Å²) < 4.78 is 21.6. The number of hydrogen-bond donors (Lipinski definition) is 0. The lowest BCUT2D eigenvalue weighted by Crippen LogP contribution is -2.16. The minimum atomic E-state index is -0.378. The molecule has 0 fully saturated rings. The van der Waals surface area contributed by atoms with Gasteiger partial charge in [0.15, 0.2) is 17.3 Å². The summed E-state index contributed by atoms with van der Waals surface area (Å²) >= 11 is 0. The Morgan fingerprint density at radius 2 is 1.81 bits per heavy atom. The second-order valence-electron chi connectivity index (χ2n) is 5.90. The van der Waals surface area contributed by atoms with E-state index in [1.54, 1.807) is 30.3 Å². The van der Waals surface area contributed by atoms with Crippen molar-refractivity contribution >= 4 is 11.8 Å². The number of carbonyl (C=O) groups excluding carboxylic acids is 2. The monoisotopic (exact) mass is 356 g/mol. The number of hydrogen-bond acceptors (Lipinski definition) is 6. The molecular weight excluding hydrogens is 336 g/mol. The van der Waals surface area contributed by atoms with Crippen molar-refractivity contribution in [3.63, 3.8) is 0 Å². The van der Waals surface area contributed by atoms with Gasteiger partial charge in [-0.1, -0.05) is 6.07 Å². The van der Waals surface area contributed by atoms with Gasteiger partial charge in [0, 0.05) is 11.1 Å². The first-order valence-corrected chi connectivity index (χ1v) is 8.29. The molecule has 0 N–H and O–H groups in total. The van der Waals surface area contributed by atoms with Gasteiger partial charge in [-0.15, -0.1) is 0 Å². The summed E-state index contributed by atoms with van der Waals surface area (Å²) in [6.07, 6.45) is 0.116. The largest absolute Gasteiger partial charge is 0.496 e. The Bertz CT molecular complexity index is 827. The fourth-order valence-corrected chi connectivity index (χ4v) is 2.68. The smallest absolute Gasteiger partial charge is 0.310 e. The summed E-state index contributed by atoms with van der Waals surface area (Å²) in [6, 6.07) is 10.4. The molecule has 6 nitrogen and oxygen atoms in total. The van der Waals surface area contributed by atoms with Gasteiger partial charge in [0.25, 0.3) is 0 Å². The lowest BCUT2D eigenvalue weighted by molar-refractivity contribution is -0.144. The third-order valence-corrected chi connectivity index (χ3v) is 4.03. The van der Waals surface area contributed by atoms with Crippen LogP contribution in [0.1, 0.15) is 28.4 Å². The molecule has 1 aliphatic heterocycles. The summed E-state index contributed by atoms with van der Waals surface area (Å²) in [5, 5.41) is 0. The molecule has 0 aromatic heterocycles. The zero-order valence-electron chi connectivity index (χ0n) is 14.7. The maximum Gasteiger partial charge on any atom is 0.310 e. The number of carbonyl (C=O) groups is 2. The quantitative estimate of drug-likeness (QED) is 0.585. The Balaban J connectivity index is 1.64. The van der Waals surface area contributed by atoms with Crippen LogP contribution in [0, 0.1) is 0 Å². The van der Waals surface area contributed by atoms with E-state index in [0.29, 0.717) is 41.6 Å². The molecule has 0 bridgehead atoms. The molecule has 1 aliphatic rings. The molecular formula is C20H20O6. The van der Waals surface area contributed by atoms with E-state index in [1.165, 1.54) is 14.0 Å². The lowest BCUT2D eigenvalue weighted by atomic mass is 10.1. The zero-order valence-corrected chi connectivity index (χ0v) is 14.7.